The molecule has 0 saturated carbocycles. The molecule has 0 aliphatic carbocycles. The predicted octanol–water partition coefficient (Wildman–Crippen LogP) is 5.96. The molecule has 4 aromatic carbocycles. The van der Waals surface area contributed by atoms with Crippen LogP contribution in [0.25, 0.3) is 0 Å². The van der Waals surface area contributed by atoms with E-state index in [0.717, 1.165) is 16.7 Å². The third kappa shape index (κ3) is 24.7. The Labute approximate surface area is 603 Å². The Morgan fingerprint density at radius 2 is 1.04 bits per heavy atom. The van der Waals surface area contributed by atoms with Crippen LogP contribution in [-0.2, 0) is 83.5 Å². The van der Waals surface area contributed by atoms with Crippen molar-refractivity contribution in [1.82, 2.24) is 47.0 Å². The largest absolute Gasteiger partial charge is 0.497 e. The number of likely N-dealkylation sites (N-methyl/N-ethyl adjacent to an activating group) is 1. The fourth-order valence-electron chi connectivity index (χ4n) is 12.3. The third-order valence-electron chi connectivity index (χ3n) is 18.2. The molecular weight excluding hydrogens is 1330 g/mol. The Morgan fingerprint density at radius 1 is 0.564 bits per heavy atom. The van der Waals surface area contributed by atoms with Gasteiger partial charge in [-0.25, -0.2) is 0 Å². The number of hydrogen-bond acceptors (Lipinski definition) is 16. The average molecular weight is 1440 g/mol. The van der Waals surface area contributed by atoms with Crippen molar-refractivity contribution in [2.75, 3.05) is 53.5 Å². The highest BCUT2D eigenvalue weighted by Gasteiger charge is 2.49. The van der Waals surface area contributed by atoms with Crippen LogP contribution in [0, 0.1) is 17.8 Å². The Hall–Kier alpha value is -8.36. The summed E-state index contributed by atoms with van der Waals surface area (Å²) >= 11 is 2.92. The quantitative estimate of drug-likeness (QED) is 0.0537. The van der Waals surface area contributed by atoms with Crippen molar-refractivity contribution >= 4 is 82.6 Å². The molecule has 1 fully saturated rings. The van der Waals surface area contributed by atoms with Crippen molar-refractivity contribution < 1.29 is 66.9 Å². The van der Waals surface area contributed by atoms with Crippen molar-refractivity contribution in [3.63, 3.8) is 0 Å². The van der Waals surface area contributed by atoms with Gasteiger partial charge in [0, 0.05) is 63.0 Å². The van der Waals surface area contributed by atoms with E-state index >= 15 is 24.0 Å². The average Bonchev–Trinajstić information content (AvgIpc) is 1.71. The van der Waals surface area contributed by atoms with E-state index in [2.05, 4.69) is 37.2 Å². The summed E-state index contributed by atoms with van der Waals surface area (Å²) in [4.78, 5) is 150. The number of nitrogens with one attached hydrogen (secondary N) is 7. The molecule has 4 aromatic rings. The molecule has 0 radical (unpaired) electrons. The van der Waals surface area contributed by atoms with Gasteiger partial charge in [0.05, 0.1) is 27.4 Å². The first-order valence-corrected chi connectivity index (χ1v) is 37.0. The molecule has 0 aromatic heterocycles. The van der Waals surface area contributed by atoms with E-state index in [1.54, 1.807) is 81.6 Å². The van der Waals surface area contributed by atoms with Crippen molar-refractivity contribution in [1.29, 1.82) is 0 Å². The highest BCUT2D eigenvalue weighted by atomic mass is 32.2. The summed E-state index contributed by atoms with van der Waals surface area (Å²) in [5, 5.41) is 20.4. The number of rotatable bonds is 19. The lowest BCUT2D eigenvalue weighted by Crippen LogP contribution is -2.64. The van der Waals surface area contributed by atoms with Crippen LogP contribution in [0.4, 0.5) is 0 Å². The van der Waals surface area contributed by atoms with Gasteiger partial charge < -0.3 is 71.7 Å². The number of nitrogens with two attached hydrogens (primary N) is 1. The molecule has 101 heavy (non-hydrogen) atoms. The summed E-state index contributed by atoms with van der Waals surface area (Å²) in [6.45, 7) is 14.6. The Kier molecular flexibility index (Phi) is 32.1. The van der Waals surface area contributed by atoms with Gasteiger partial charge in [-0.2, -0.15) is 23.5 Å². The highest BCUT2D eigenvalue weighted by molar-refractivity contribution is 7.98. The second-order valence-corrected chi connectivity index (χ2v) is 29.7. The maximum atomic E-state index is 15.5. The lowest BCUT2D eigenvalue weighted by atomic mass is 9.95. The number of thioether (sulfide) groups is 2. The molecule has 2 aliphatic heterocycles. The first-order valence-electron chi connectivity index (χ1n) is 34.7. The zero-order chi connectivity index (χ0) is 74.1. The van der Waals surface area contributed by atoms with Gasteiger partial charge >= 0.3 is 0 Å². The zero-order valence-corrected chi connectivity index (χ0v) is 62.4. The standard InChI is InChI=1S/C75H106N10O14S2/c1-45(2)36-58-68(89)79-59(37-46(3)4)69(90)78-57(31-24-49-18-25-54(97-11)26-19-49)67(88)80-60(40-50-20-27-55(98-12)28-21-50)72(93)84(9)63(38-47(5)6)70(91)83-65(48(7)96-10)71(92)81-61(41-51-22-29-56(99-13)30-23-51)73(94)85-34-15-33-75(85,8)74(95)82-62(66(76)87)44-101-43-53-17-14-16-52(39-53)42-100-35-32-64(86)77-58/h14,16-23,25-30,39,45-48,57-63,65H,15,24,31-38,40-44H2,1-13H3,(H2,76,87)(H,77,86)(H,78,90)(H,79,89)(H,80,88)(H,81,92)(H,82,95)(H,83,91)/t48-,57+,58+,59-,60+,61+,62+,63+,65+,75+/m1/s1. The van der Waals surface area contributed by atoms with E-state index in [1.165, 1.54) is 61.7 Å². The molecular formula is C75H106N10O14S2. The van der Waals surface area contributed by atoms with Gasteiger partial charge in [0.1, 0.15) is 71.1 Å². The van der Waals surface area contributed by atoms with E-state index in [0.29, 0.717) is 52.1 Å². The van der Waals surface area contributed by atoms with Gasteiger partial charge in [-0.05, 0) is 141 Å². The fourth-order valence-corrected chi connectivity index (χ4v) is 14.2. The number of methoxy groups -OCH3 is 4. The molecule has 0 spiro atoms. The van der Waals surface area contributed by atoms with E-state index in [4.69, 9.17) is 24.7 Å². The SMILES string of the molecule is COc1ccc(CC[C@@H]2NC(=O)[C@@H](CC(C)C)NC(=O)[C@H](CC(C)C)NC(=O)CCSCc3cccc(c3)CSC[C@@H](C(N)=O)NC(=O)[C@]3(C)CCCN3C(=O)[C@H](Cc3ccc(OC)cc3)NC(=O)[C@H]([C@@H](C)OC)NC(=O)[C@H](CC(C)C)N(C)C(=O)[C@H](Cc3ccc(OC)cc3)NC2=O)cc1. The molecule has 1 saturated heterocycles. The summed E-state index contributed by atoms with van der Waals surface area (Å²) in [5.74, 6) is -3.81. The smallest absolute Gasteiger partial charge is 0.246 e. The van der Waals surface area contributed by atoms with E-state index < -0.39 is 113 Å². The number of carbonyl (C=O) groups is 10. The lowest BCUT2D eigenvalue weighted by Gasteiger charge is -2.37. The number of hydrogen-bond donors (Lipinski definition) is 8. The van der Waals surface area contributed by atoms with Crippen molar-refractivity contribution in [3.05, 3.63) is 125 Å². The molecule has 2 bridgehead atoms. The Morgan fingerprint density at radius 3 is 1.55 bits per heavy atom. The first-order chi connectivity index (χ1) is 48.0. The number of nitrogens with zero attached hydrogens (tertiary/aromatic N) is 2. The monoisotopic (exact) mass is 1430 g/mol. The summed E-state index contributed by atoms with van der Waals surface area (Å²) in [6.07, 6.45) is 0.266. The van der Waals surface area contributed by atoms with Crippen LogP contribution in [0.3, 0.4) is 0 Å². The topological polar surface area (TPSA) is 324 Å². The van der Waals surface area contributed by atoms with Crippen LogP contribution >= 0.6 is 23.5 Å². The number of fused-ring (bicyclic) bond motifs is 3. The van der Waals surface area contributed by atoms with Gasteiger partial charge in [0.2, 0.25) is 59.1 Å². The first kappa shape index (κ1) is 81.6. The summed E-state index contributed by atoms with van der Waals surface area (Å²) in [6, 6.07) is 18.7. The van der Waals surface area contributed by atoms with E-state index in [1.807, 2.05) is 77.9 Å². The number of amides is 10. The molecule has 0 unspecified atom stereocenters. The Bertz CT molecular complexity index is 3430. The van der Waals surface area contributed by atoms with Gasteiger partial charge in [-0.1, -0.05) is 102 Å². The van der Waals surface area contributed by atoms with Crippen LogP contribution in [0.5, 0.6) is 17.2 Å². The molecule has 24 nitrogen and oxygen atoms in total. The van der Waals surface area contributed by atoms with E-state index in [-0.39, 0.29) is 93.7 Å². The fraction of sp³-hybridized carbons (Fsp3) is 0.547. The number of primary amides is 1. The number of benzene rings is 4. The van der Waals surface area contributed by atoms with E-state index in [9.17, 15) is 24.0 Å². The normalized spacial score (nSPS) is 23.9. The van der Waals surface area contributed by atoms with Crippen molar-refractivity contribution in [2.24, 2.45) is 23.5 Å². The van der Waals surface area contributed by atoms with Gasteiger partial charge in [-0.15, -0.1) is 0 Å². The van der Waals surface area contributed by atoms with Crippen molar-refractivity contribution in [2.45, 2.75) is 191 Å². The van der Waals surface area contributed by atoms with Crippen LogP contribution in [0.1, 0.15) is 128 Å². The zero-order valence-electron chi connectivity index (χ0n) is 60.8. The minimum absolute atomic E-state index is 0.0240. The minimum atomic E-state index is -1.51. The van der Waals surface area contributed by atoms with Gasteiger partial charge in [0.15, 0.2) is 0 Å². The molecule has 10 amide bonds. The van der Waals surface area contributed by atoms with Gasteiger partial charge in [0.25, 0.3) is 0 Å². The number of ether oxygens (including phenoxy) is 4. The molecule has 10 atom stereocenters. The van der Waals surface area contributed by atoms with Crippen LogP contribution in [-0.4, -0.2) is 182 Å². The summed E-state index contributed by atoms with van der Waals surface area (Å²) in [7, 11) is 7.36. The molecule has 552 valence electrons. The highest BCUT2D eigenvalue weighted by Crippen LogP contribution is 2.32. The van der Waals surface area contributed by atoms with Crippen LogP contribution < -0.4 is 57.2 Å². The maximum absolute atomic E-state index is 15.5. The predicted molar refractivity (Wildman–Crippen MR) is 392 cm³/mol. The molecule has 26 heteroatoms. The molecule has 9 N–H and O–H groups in total. The second kappa shape index (κ2) is 39.7. The third-order valence-corrected chi connectivity index (χ3v) is 20.3. The minimum Gasteiger partial charge on any atom is -0.497 e. The molecule has 2 aliphatic rings. The second-order valence-electron chi connectivity index (χ2n) is 27.6. The lowest BCUT2D eigenvalue weighted by molar-refractivity contribution is -0.148. The number of aryl methyl sites for hydroxylation is 1. The van der Waals surface area contributed by atoms with Gasteiger partial charge in [-0.3, -0.25) is 47.9 Å². The molecule has 2 heterocycles. The van der Waals surface area contributed by atoms with Crippen LogP contribution in [0.2, 0.25) is 0 Å². The van der Waals surface area contributed by atoms with Crippen molar-refractivity contribution in [3.8, 4) is 17.2 Å². The summed E-state index contributed by atoms with van der Waals surface area (Å²) in [5.41, 5.74) is 8.40. The Balaban J connectivity index is 1.42. The number of carbonyl (C=O) groups excluding carboxylic acids is 10. The maximum Gasteiger partial charge on any atom is 0.246 e. The van der Waals surface area contributed by atoms with Crippen LogP contribution in [0.15, 0.2) is 97.1 Å². The molecule has 6 rings (SSSR count). The summed E-state index contributed by atoms with van der Waals surface area (Å²) < 4.78 is 22.0.